The standard InChI is InChI=1S/C24H26N8O4/c1-25-15-8-14(10-27-11-15)20-30-21(28-9-13-6-4-3-5-7-13)16-22(31-20)32(12-29-16)24-18(34)17(33)19(36-24)23(35)26-2/h3-8,10-12,17-19,24-25,33-34H,9H2,1-2H3,(H,26,35)(H,28,30,31). The molecule has 36 heavy (non-hydrogen) atoms. The monoisotopic (exact) mass is 490 g/mol. The molecule has 1 aromatic carbocycles. The number of imidazole rings is 1. The fraction of sp³-hybridized carbons (Fsp3) is 0.292. The van der Waals surface area contributed by atoms with Crippen LogP contribution in [-0.2, 0) is 16.1 Å². The number of pyridine rings is 1. The number of rotatable bonds is 7. The Morgan fingerprint density at radius 2 is 1.92 bits per heavy atom. The van der Waals surface area contributed by atoms with Crippen molar-refractivity contribution in [3.8, 4) is 11.4 Å². The predicted molar refractivity (Wildman–Crippen MR) is 132 cm³/mol. The quantitative estimate of drug-likeness (QED) is 0.252. The Labute approximate surface area is 206 Å². The van der Waals surface area contributed by atoms with Gasteiger partial charge in [-0.15, -0.1) is 0 Å². The number of hydrogen-bond acceptors (Lipinski definition) is 10. The van der Waals surface area contributed by atoms with E-state index in [2.05, 4.69) is 25.9 Å². The zero-order valence-electron chi connectivity index (χ0n) is 19.7. The molecular formula is C24H26N8O4. The smallest absolute Gasteiger partial charge is 0.251 e. The Bertz CT molecular complexity index is 1380. The molecule has 0 saturated carbocycles. The number of nitrogens with zero attached hydrogens (tertiary/aromatic N) is 5. The average Bonchev–Trinajstić information content (AvgIpc) is 3.48. The lowest BCUT2D eigenvalue weighted by Crippen LogP contribution is -2.41. The van der Waals surface area contributed by atoms with Crippen LogP contribution >= 0.6 is 0 Å². The number of likely N-dealkylation sites (N-methyl/N-ethyl adjacent to an activating group) is 1. The highest BCUT2D eigenvalue weighted by atomic mass is 16.6. The van der Waals surface area contributed by atoms with Crippen LogP contribution in [0.4, 0.5) is 11.5 Å². The molecule has 0 aliphatic carbocycles. The number of ether oxygens (including phenoxy) is 1. The summed E-state index contributed by atoms with van der Waals surface area (Å²) < 4.78 is 7.25. The molecule has 3 aromatic heterocycles. The molecule has 1 aliphatic heterocycles. The molecular weight excluding hydrogens is 464 g/mol. The van der Waals surface area contributed by atoms with Crippen LogP contribution < -0.4 is 16.0 Å². The molecule has 12 heteroatoms. The van der Waals surface area contributed by atoms with Crippen LogP contribution in [0.1, 0.15) is 11.8 Å². The van der Waals surface area contributed by atoms with E-state index < -0.39 is 30.4 Å². The second-order valence-electron chi connectivity index (χ2n) is 8.31. The van der Waals surface area contributed by atoms with Crippen molar-refractivity contribution >= 4 is 28.6 Å². The van der Waals surface area contributed by atoms with Gasteiger partial charge in [-0.25, -0.2) is 15.0 Å². The minimum absolute atomic E-state index is 0.360. The van der Waals surface area contributed by atoms with Crippen LogP contribution in [0, 0.1) is 0 Å². The summed E-state index contributed by atoms with van der Waals surface area (Å²) in [6.45, 7) is 0.494. The molecule has 0 bridgehead atoms. The Balaban J connectivity index is 1.59. The first-order valence-corrected chi connectivity index (χ1v) is 11.4. The lowest BCUT2D eigenvalue weighted by Gasteiger charge is -2.17. The van der Waals surface area contributed by atoms with E-state index in [0.717, 1.165) is 11.3 Å². The molecule has 5 N–H and O–H groups in total. The van der Waals surface area contributed by atoms with Gasteiger partial charge in [0.05, 0.1) is 12.0 Å². The van der Waals surface area contributed by atoms with Crippen molar-refractivity contribution in [2.75, 3.05) is 24.7 Å². The van der Waals surface area contributed by atoms with Gasteiger partial charge in [-0.05, 0) is 11.6 Å². The number of amides is 1. The highest BCUT2D eigenvalue weighted by molar-refractivity contribution is 5.85. The average molecular weight is 491 g/mol. The molecule has 0 spiro atoms. The Hall–Kier alpha value is -4.13. The van der Waals surface area contributed by atoms with Crippen LogP contribution in [0.25, 0.3) is 22.6 Å². The molecule has 1 amide bonds. The third-order valence-electron chi connectivity index (χ3n) is 6.03. The van der Waals surface area contributed by atoms with Crippen LogP contribution in [0.2, 0.25) is 0 Å². The van der Waals surface area contributed by atoms with Gasteiger partial charge in [0.25, 0.3) is 5.91 Å². The van der Waals surface area contributed by atoms with Gasteiger partial charge in [-0.1, -0.05) is 30.3 Å². The van der Waals surface area contributed by atoms with Crippen molar-refractivity contribution in [3.63, 3.8) is 0 Å². The summed E-state index contributed by atoms with van der Waals surface area (Å²) >= 11 is 0. The predicted octanol–water partition coefficient (Wildman–Crippen LogP) is 0.907. The van der Waals surface area contributed by atoms with Crippen molar-refractivity contribution in [1.29, 1.82) is 0 Å². The normalized spacial score (nSPS) is 21.4. The molecule has 1 saturated heterocycles. The number of hydrogen-bond donors (Lipinski definition) is 5. The largest absolute Gasteiger partial charge is 0.387 e. The minimum Gasteiger partial charge on any atom is -0.387 e. The van der Waals surface area contributed by atoms with Gasteiger partial charge in [0, 0.05) is 38.6 Å². The van der Waals surface area contributed by atoms with Crippen LogP contribution in [0.5, 0.6) is 0 Å². The SMILES string of the molecule is CNC(=O)C1OC(n2cnc3c(NCc4ccccc4)nc(-c4cncc(NC)c4)nc32)C(O)C1O. The minimum atomic E-state index is -1.42. The third kappa shape index (κ3) is 4.33. The van der Waals surface area contributed by atoms with E-state index in [-0.39, 0.29) is 0 Å². The van der Waals surface area contributed by atoms with Gasteiger partial charge in [0.15, 0.2) is 35.1 Å². The fourth-order valence-corrected chi connectivity index (χ4v) is 4.08. The molecule has 5 rings (SSSR count). The van der Waals surface area contributed by atoms with Crippen molar-refractivity contribution < 1.29 is 19.7 Å². The number of carbonyl (C=O) groups excluding carboxylic acids is 1. The first-order chi connectivity index (χ1) is 17.5. The Morgan fingerprint density at radius 1 is 1.11 bits per heavy atom. The highest BCUT2D eigenvalue weighted by Crippen LogP contribution is 2.33. The summed E-state index contributed by atoms with van der Waals surface area (Å²) in [6, 6.07) is 11.7. The van der Waals surface area contributed by atoms with Gasteiger partial charge in [0.2, 0.25) is 0 Å². The Morgan fingerprint density at radius 3 is 2.67 bits per heavy atom. The number of aliphatic hydroxyl groups is 2. The molecule has 4 aromatic rings. The number of nitrogens with one attached hydrogen (secondary N) is 3. The van der Waals surface area contributed by atoms with E-state index in [1.54, 1.807) is 19.4 Å². The van der Waals surface area contributed by atoms with E-state index in [4.69, 9.17) is 14.7 Å². The molecule has 4 atom stereocenters. The molecule has 4 unspecified atom stereocenters. The highest BCUT2D eigenvalue weighted by Gasteiger charge is 2.47. The number of anilines is 2. The van der Waals surface area contributed by atoms with Crippen molar-refractivity contribution in [1.82, 2.24) is 29.8 Å². The van der Waals surface area contributed by atoms with Crippen molar-refractivity contribution in [2.24, 2.45) is 0 Å². The maximum absolute atomic E-state index is 12.1. The molecule has 186 valence electrons. The van der Waals surface area contributed by atoms with Crippen molar-refractivity contribution in [2.45, 2.75) is 31.1 Å². The van der Waals surface area contributed by atoms with Gasteiger partial charge in [-0.2, -0.15) is 0 Å². The van der Waals surface area contributed by atoms with E-state index in [9.17, 15) is 15.0 Å². The summed E-state index contributed by atoms with van der Waals surface area (Å²) in [5.74, 6) is 0.313. The molecule has 1 fully saturated rings. The zero-order chi connectivity index (χ0) is 25.2. The molecule has 12 nitrogen and oxygen atoms in total. The summed E-state index contributed by atoms with van der Waals surface area (Å²) in [5.41, 5.74) is 3.31. The van der Waals surface area contributed by atoms with Crippen LogP contribution in [0.3, 0.4) is 0 Å². The van der Waals surface area contributed by atoms with E-state index in [1.807, 2.05) is 36.4 Å². The van der Waals surface area contributed by atoms with Gasteiger partial charge in [-0.3, -0.25) is 14.3 Å². The topological polar surface area (TPSA) is 159 Å². The van der Waals surface area contributed by atoms with Gasteiger partial charge in [0.1, 0.15) is 12.2 Å². The van der Waals surface area contributed by atoms with E-state index in [1.165, 1.54) is 17.9 Å². The van der Waals surface area contributed by atoms with Crippen LogP contribution in [0.15, 0.2) is 55.1 Å². The van der Waals surface area contributed by atoms with Gasteiger partial charge < -0.3 is 30.9 Å². The molecule has 1 aliphatic rings. The first kappa shape index (κ1) is 23.6. The maximum atomic E-state index is 12.1. The summed E-state index contributed by atoms with van der Waals surface area (Å²) in [6.07, 6.45) is -0.329. The third-order valence-corrected chi connectivity index (χ3v) is 6.03. The maximum Gasteiger partial charge on any atom is 0.251 e. The number of fused-ring (bicyclic) bond motifs is 1. The lowest BCUT2D eigenvalue weighted by atomic mass is 10.1. The second-order valence-corrected chi connectivity index (χ2v) is 8.31. The van der Waals surface area contributed by atoms with Crippen LogP contribution in [-0.4, -0.2) is 73.0 Å². The zero-order valence-corrected chi connectivity index (χ0v) is 19.7. The van der Waals surface area contributed by atoms with Crippen molar-refractivity contribution in [3.05, 3.63) is 60.7 Å². The molecule has 0 radical (unpaired) electrons. The Kier molecular flexibility index (Phi) is 6.46. The van der Waals surface area contributed by atoms with E-state index >= 15 is 0 Å². The first-order valence-electron chi connectivity index (χ1n) is 11.4. The number of benzene rings is 1. The number of aromatic nitrogens is 5. The van der Waals surface area contributed by atoms with Gasteiger partial charge >= 0.3 is 0 Å². The van der Waals surface area contributed by atoms with E-state index in [0.29, 0.717) is 34.9 Å². The lowest BCUT2D eigenvalue weighted by molar-refractivity contribution is -0.137. The number of aliphatic hydroxyl groups excluding tert-OH is 2. The summed E-state index contributed by atoms with van der Waals surface area (Å²) in [4.78, 5) is 30.3. The summed E-state index contributed by atoms with van der Waals surface area (Å²) in [7, 11) is 3.22. The second kappa shape index (κ2) is 9.85. The number of carbonyl (C=O) groups is 1. The fourth-order valence-electron chi connectivity index (χ4n) is 4.08. The molecule has 4 heterocycles. The summed E-state index contributed by atoms with van der Waals surface area (Å²) in [5, 5.41) is 29.9.